The van der Waals surface area contributed by atoms with E-state index in [4.69, 9.17) is 5.84 Å². The van der Waals surface area contributed by atoms with Crippen molar-refractivity contribution in [1.29, 1.82) is 0 Å². The normalized spacial score (nSPS) is 14.7. The Morgan fingerprint density at radius 3 is 2.58 bits per heavy atom. The lowest BCUT2D eigenvalue weighted by molar-refractivity contribution is 0.0953. The molecule has 0 radical (unpaired) electrons. The highest BCUT2D eigenvalue weighted by molar-refractivity contribution is 5.93. The highest BCUT2D eigenvalue weighted by Crippen LogP contribution is 2.28. The lowest BCUT2D eigenvalue weighted by Crippen LogP contribution is -2.30. The highest BCUT2D eigenvalue weighted by Gasteiger charge is 2.28. The van der Waals surface area contributed by atoms with Crippen molar-refractivity contribution in [1.82, 2.24) is 10.3 Å². The largest absolute Gasteiger partial charge is 0.296 e. The van der Waals surface area contributed by atoms with Crippen LogP contribution in [0.4, 0.5) is 0 Å². The summed E-state index contributed by atoms with van der Waals surface area (Å²) in [6.07, 6.45) is 5.15. The van der Waals surface area contributed by atoms with Gasteiger partial charge in [0, 0.05) is 18.2 Å². The summed E-state index contributed by atoms with van der Waals surface area (Å²) in [5, 5.41) is 0. The van der Waals surface area contributed by atoms with Gasteiger partial charge in [-0.1, -0.05) is 25.5 Å². The Kier molecular flexibility index (Phi) is 4.93. The van der Waals surface area contributed by atoms with E-state index in [0.29, 0.717) is 5.56 Å². The Morgan fingerprint density at radius 1 is 1.37 bits per heavy atom. The van der Waals surface area contributed by atoms with Gasteiger partial charge in [0.2, 0.25) is 0 Å². The van der Waals surface area contributed by atoms with Crippen LogP contribution in [0.1, 0.15) is 48.5 Å². The van der Waals surface area contributed by atoms with Crippen LogP contribution in [0.5, 0.6) is 0 Å². The number of unbranched alkanes of at least 4 members (excludes halogenated alkanes) is 1. The van der Waals surface area contributed by atoms with E-state index < -0.39 is 0 Å². The fourth-order valence-corrected chi connectivity index (χ4v) is 2.27. The van der Waals surface area contributed by atoms with Crippen molar-refractivity contribution in [3.8, 4) is 0 Å². The van der Waals surface area contributed by atoms with Gasteiger partial charge in [0.15, 0.2) is 0 Å². The summed E-state index contributed by atoms with van der Waals surface area (Å²) in [6.45, 7) is 4.38. The summed E-state index contributed by atoms with van der Waals surface area (Å²) in [4.78, 5) is 13.9. The van der Waals surface area contributed by atoms with Gasteiger partial charge in [-0.15, -0.1) is 0 Å². The Balaban J connectivity index is 1.95. The van der Waals surface area contributed by atoms with Crippen LogP contribution in [-0.2, 0) is 6.54 Å². The van der Waals surface area contributed by atoms with Crippen LogP contribution in [0, 0.1) is 0 Å². The van der Waals surface area contributed by atoms with Crippen LogP contribution in [-0.4, -0.2) is 23.4 Å². The average molecular weight is 261 g/mol. The third-order valence-electron chi connectivity index (χ3n) is 3.60. The number of nitrogen functional groups attached to an aromatic ring is 1. The fourth-order valence-electron chi connectivity index (χ4n) is 2.27. The molecule has 0 unspecified atom stereocenters. The number of hydrazine groups is 1. The third kappa shape index (κ3) is 4.04. The number of benzene rings is 1. The van der Waals surface area contributed by atoms with Crippen molar-refractivity contribution in [3.63, 3.8) is 0 Å². The molecule has 0 atom stereocenters. The van der Waals surface area contributed by atoms with Crippen molar-refractivity contribution in [2.75, 3.05) is 6.54 Å². The topological polar surface area (TPSA) is 58.4 Å². The van der Waals surface area contributed by atoms with E-state index >= 15 is 0 Å². The van der Waals surface area contributed by atoms with Gasteiger partial charge in [-0.05, 0) is 43.5 Å². The first-order chi connectivity index (χ1) is 9.24. The minimum Gasteiger partial charge on any atom is -0.296 e. The molecular weight excluding hydrogens is 238 g/mol. The maximum atomic E-state index is 11.4. The van der Waals surface area contributed by atoms with Gasteiger partial charge in [0.1, 0.15) is 0 Å². The molecule has 0 saturated heterocycles. The van der Waals surface area contributed by atoms with E-state index in [-0.39, 0.29) is 5.91 Å². The van der Waals surface area contributed by atoms with Gasteiger partial charge < -0.3 is 0 Å². The zero-order valence-corrected chi connectivity index (χ0v) is 11.6. The van der Waals surface area contributed by atoms with Gasteiger partial charge in [-0.3, -0.25) is 15.1 Å². The molecule has 104 valence electrons. The molecule has 0 bridgehead atoms. The molecule has 1 aromatic rings. The average Bonchev–Trinajstić information content (AvgIpc) is 3.28. The Labute approximate surface area is 114 Å². The SMILES string of the molecule is CCCCN(Cc1ccc(C(=O)NN)cc1)C1CC1. The van der Waals surface area contributed by atoms with Gasteiger partial charge in [0.05, 0.1) is 0 Å². The first-order valence-corrected chi connectivity index (χ1v) is 7.08. The number of nitrogens with zero attached hydrogens (tertiary/aromatic N) is 1. The molecule has 3 N–H and O–H groups in total. The van der Waals surface area contributed by atoms with E-state index in [9.17, 15) is 4.79 Å². The first-order valence-electron chi connectivity index (χ1n) is 7.08. The summed E-state index contributed by atoms with van der Waals surface area (Å²) in [5.74, 6) is 4.88. The number of carbonyl (C=O) groups excluding carboxylic acids is 1. The molecular formula is C15H23N3O. The van der Waals surface area contributed by atoms with E-state index in [0.717, 1.165) is 12.6 Å². The minimum absolute atomic E-state index is 0.239. The molecule has 2 rings (SSSR count). The molecule has 0 heterocycles. The molecule has 0 aromatic heterocycles. The van der Waals surface area contributed by atoms with Crippen molar-refractivity contribution in [2.24, 2.45) is 5.84 Å². The summed E-state index contributed by atoms with van der Waals surface area (Å²) in [7, 11) is 0. The number of nitrogens with two attached hydrogens (primary N) is 1. The van der Waals surface area contributed by atoms with E-state index in [1.807, 2.05) is 24.3 Å². The van der Waals surface area contributed by atoms with Crippen LogP contribution in [0.25, 0.3) is 0 Å². The quantitative estimate of drug-likeness (QED) is 0.449. The molecule has 1 amide bonds. The fraction of sp³-hybridized carbons (Fsp3) is 0.533. The van der Waals surface area contributed by atoms with Crippen molar-refractivity contribution in [2.45, 2.75) is 45.2 Å². The Morgan fingerprint density at radius 2 is 2.05 bits per heavy atom. The van der Waals surface area contributed by atoms with Crippen molar-refractivity contribution in [3.05, 3.63) is 35.4 Å². The molecule has 0 aliphatic heterocycles. The Hall–Kier alpha value is -1.39. The molecule has 4 heteroatoms. The minimum atomic E-state index is -0.239. The number of rotatable bonds is 7. The maximum absolute atomic E-state index is 11.4. The van der Waals surface area contributed by atoms with Gasteiger partial charge in [0.25, 0.3) is 5.91 Å². The number of carbonyl (C=O) groups is 1. The van der Waals surface area contributed by atoms with E-state index in [1.54, 1.807) is 0 Å². The number of hydrogen-bond donors (Lipinski definition) is 2. The summed E-state index contributed by atoms with van der Waals surface area (Å²) < 4.78 is 0. The van der Waals surface area contributed by atoms with Crippen LogP contribution < -0.4 is 11.3 Å². The van der Waals surface area contributed by atoms with Crippen molar-refractivity contribution < 1.29 is 4.79 Å². The summed E-state index contributed by atoms with van der Waals surface area (Å²) in [5.41, 5.74) is 4.02. The Bertz CT molecular complexity index is 412. The monoisotopic (exact) mass is 261 g/mol. The molecule has 0 spiro atoms. The molecule has 19 heavy (non-hydrogen) atoms. The van der Waals surface area contributed by atoms with Gasteiger partial charge >= 0.3 is 0 Å². The molecule has 1 saturated carbocycles. The van der Waals surface area contributed by atoms with Crippen LogP contribution in [0.2, 0.25) is 0 Å². The second kappa shape index (κ2) is 6.68. The number of nitrogens with one attached hydrogen (secondary N) is 1. The van der Waals surface area contributed by atoms with Crippen molar-refractivity contribution >= 4 is 5.91 Å². The van der Waals surface area contributed by atoms with Crippen LogP contribution in [0.15, 0.2) is 24.3 Å². The second-order valence-corrected chi connectivity index (χ2v) is 5.23. The smallest absolute Gasteiger partial charge is 0.265 e. The predicted molar refractivity (Wildman–Crippen MR) is 76.4 cm³/mol. The van der Waals surface area contributed by atoms with E-state index in [1.165, 1.54) is 37.8 Å². The molecule has 1 aromatic carbocycles. The standard InChI is InChI=1S/C15H23N3O/c1-2-3-10-18(14-8-9-14)11-12-4-6-13(7-5-12)15(19)17-16/h4-7,14H,2-3,8-11,16H2,1H3,(H,17,19). The highest BCUT2D eigenvalue weighted by atomic mass is 16.2. The predicted octanol–water partition coefficient (Wildman–Crippen LogP) is 2.05. The molecule has 1 fully saturated rings. The first kappa shape index (κ1) is 14.0. The maximum Gasteiger partial charge on any atom is 0.265 e. The lowest BCUT2D eigenvalue weighted by atomic mass is 10.1. The summed E-state index contributed by atoms with van der Waals surface area (Å²) in [6, 6.07) is 8.49. The zero-order valence-electron chi connectivity index (χ0n) is 11.6. The summed E-state index contributed by atoms with van der Waals surface area (Å²) >= 11 is 0. The van der Waals surface area contributed by atoms with E-state index in [2.05, 4.69) is 17.2 Å². The van der Waals surface area contributed by atoms with Gasteiger partial charge in [-0.2, -0.15) is 0 Å². The number of amides is 1. The zero-order chi connectivity index (χ0) is 13.7. The molecule has 1 aliphatic carbocycles. The van der Waals surface area contributed by atoms with Gasteiger partial charge in [-0.25, -0.2) is 5.84 Å². The number of hydrogen-bond acceptors (Lipinski definition) is 3. The second-order valence-electron chi connectivity index (χ2n) is 5.23. The lowest BCUT2D eigenvalue weighted by Gasteiger charge is -2.21. The molecule has 1 aliphatic rings. The molecule has 4 nitrogen and oxygen atoms in total. The van der Waals surface area contributed by atoms with Crippen LogP contribution in [0.3, 0.4) is 0 Å². The van der Waals surface area contributed by atoms with Crippen LogP contribution >= 0.6 is 0 Å². The third-order valence-corrected chi connectivity index (χ3v) is 3.60.